The van der Waals surface area contributed by atoms with Crippen LogP contribution in [0.3, 0.4) is 0 Å². The maximum atomic E-state index is 14.0. The van der Waals surface area contributed by atoms with Crippen molar-refractivity contribution in [1.82, 2.24) is 5.32 Å². The number of hydrogen-bond acceptors (Lipinski definition) is 3. The quantitative estimate of drug-likeness (QED) is 0.810. The van der Waals surface area contributed by atoms with Crippen LogP contribution in [0, 0.1) is 5.82 Å². The van der Waals surface area contributed by atoms with Crippen molar-refractivity contribution in [3.63, 3.8) is 0 Å². The minimum Gasteiger partial charge on any atom is -0.507 e. The van der Waals surface area contributed by atoms with E-state index in [1.165, 1.54) is 24.3 Å². The van der Waals surface area contributed by atoms with Crippen LogP contribution in [0.15, 0.2) is 36.4 Å². The summed E-state index contributed by atoms with van der Waals surface area (Å²) in [5.74, 6) is -2.67. The van der Waals surface area contributed by atoms with E-state index in [2.05, 4.69) is 5.32 Å². The average Bonchev–Trinajstić information content (AvgIpc) is 2.47. The van der Waals surface area contributed by atoms with Crippen molar-refractivity contribution in [1.29, 1.82) is 0 Å². The zero-order valence-corrected chi connectivity index (χ0v) is 11.8. The van der Waals surface area contributed by atoms with Crippen LogP contribution in [0.2, 0.25) is 0 Å². The van der Waals surface area contributed by atoms with Crippen molar-refractivity contribution in [2.24, 2.45) is 0 Å². The predicted molar refractivity (Wildman–Crippen MR) is 78.5 cm³/mol. The molecule has 0 aliphatic carbocycles. The molecule has 0 aromatic heterocycles. The first kappa shape index (κ1) is 15.5. The summed E-state index contributed by atoms with van der Waals surface area (Å²) in [6.07, 6.45) is 0. The third-order valence-corrected chi connectivity index (χ3v) is 3.11. The minimum absolute atomic E-state index is 0.0688. The zero-order valence-electron chi connectivity index (χ0n) is 11.8. The molecule has 22 heavy (non-hydrogen) atoms. The Hall–Kier alpha value is -2.89. The SMILES string of the molecule is CCNC(=O)c1ccc(-c2ccc(C(=O)O)cc2O)cc1F. The summed E-state index contributed by atoms with van der Waals surface area (Å²) in [7, 11) is 0. The molecule has 0 saturated heterocycles. The molecule has 0 aliphatic rings. The van der Waals surface area contributed by atoms with E-state index < -0.39 is 17.7 Å². The van der Waals surface area contributed by atoms with Crippen molar-refractivity contribution < 1.29 is 24.2 Å². The lowest BCUT2D eigenvalue weighted by molar-refractivity contribution is 0.0696. The molecule has 0 radical (unpaired) electrons. The number of carboxylic acid groups (broad SMARTS) is 1. The van der Waals surface area contributed by atoms with Gasteiger partial charge in [-0.25, -0.2) is 9.18 Å². The third kappa shape index (κ3) is 3.06. The van der Waals surface area contributed by atoms with E-state index in [0.717, 1.165) is 12.1 Å². The summed E-state index contributed by atoms with van der Waals surface area (Å²) in [4.78, 5) is 22.5. The second-order valence-electron chi connectivity index (χ2n) is 4.59. The van der Waals surface area contributed by atoms with E-state index in [1.54, 1.807) is 6.92 Å². The Morgan fingerprint density at radius 2 is 1.91 bits per heavy atom. The van der Waals surface area contributed by atoms with Crippen LogP contribution < -0.4 is 5.32 Å². The molecule has 0 atom stereocenters. The van der Waals surface area contributed by atoms with Gasteiger partial charge in [0.1, 0.15) is 11.6 Å². The number of hydrogen-bond donors (Lipinski definition) is 3. The fourth-order valence-electron chi connectivity index (χ4n) is 2.03. The van der Waals surface area contributed by atoms with Gasteiger partial charge >= 0.3 is 5.97 Å². The lowest BCUT2D eigenvalue weighted by atomic mass is 10.0. The fraction of sp³-hybridized carbons (Fsp3) is 0.125. The van der Waals surface area contributed by atoms with Gasteiger partial charge in [-0.15, -0.1) is 0 Å². The topological polar surface area (TPSA) is 86.6 Å². The number of benzene rings is 2. The molecule has 0 saturated carbocycles. The highest BCUT2D eigenvalue weighted by molar-refractivity contribution is 5.95. The highest BCUT2D eigenvalue weighted by Crippen LogP contribution is 2.31. The Bertz CT molecular complexity index is 743. The highest BCUT2D eigenvalue weighted by atomic mass is 19.1. The summed E-state index contributed by atoms with van der Waals surface area (Å²) in [5, 5.41) is 21.2. The molecule has 6 heteroatoms. The Kier molecular flexibility index (Phi) is 4.41. The Balaban J connectivity index is 2.40. The molecule has 2 aromatic rings. The van der Waals surface area contributed by atoms with Crippen LogP contribution >= 0.6 is 0 Å². The lowest BCUT2D eigenvalue weighted by Gasteiger charge is -2.08. The zero-order chi connectivity index (χ0) is 16.3. The standard InChI is InChI=1S/C16H14FNO4/c1-2-18-15(20)12-6-3-9(7-13(12)17)11-5-4-10(16(21)22)8-14(11)19/h3-8,19H,2H2,1H3,(H,18,20)(H,21,22). The maximum absolute atomic E-state index is 14.0. The fourth-order valence-corrected chi connectivity index (χ4v) is 2.03. The molecule has 5 nitrogen and oxygen atoms in total. The van der Waals surface area contributed by atoms with Crippen LogP contribution in [-0.2, 0) is 0 Å². The number of halogens is 1. The average molecular weight is 303 g/mol. The van der Waals surface area contributed by atoms with Gasteiger partial charge in [0, 0.05) is 12.1 Å². The van der Waals surface area contributed by atoms with E-state index in [1.807, 2.05) is 0 Å². The van der Waals surface area contributed by atoms with Crippen LogP contribution in [0.25, 0.3) is 11.1 Å². The largest absolute Gasteiger partial charge is 0.507 e. The summed E-state index contributed by atoms with van der Waals surface area (Å²) < 4.78 is 14.0. The number of carbonyl (C=O) groups is 2. The monoisotopic (exact) mass is 303 g/mol. The van der Waals surface area contributed by atoms with E-state index in [-0.39, 0.29) is 22.4 Å². The maximum Gasteiger partial charge on any atom is 0.335 e. The number of aromatic hydroxyl groups is 1. The molecule has 2 rings (SSSR count). The van der Waals surface area contributed by atoms with E-state index >= 15 is 0 Å². The number of aromatic carboxylic acids is 1. The van der Waals surface area contributed by atoms with Gasteiger partial charge in [0.15, 0.2) is 0 Å². The van der Waals surface area contributed by atoms with Gasteiger partial charge in [-0.3, -0.25) is 4.79 Å². The Labute approximate surface area is 126 Å². The first-order chi connectivity index (χ1) is 10.4. The molecular weight excluding hydrogens is 289 g/mol. The summed E-state index contributed by atoms with van der Waals surface area (Å²) in [6, 6.07) is 7.73. The van der Waals surface area contributed by atoms with Gasteiger partial charge in [-0.1, -0.05) is 6.07 Å². The van der Waals surface area contributed by atoms with E-state index in [4.69, 9.17) is 5.11 Å². The van der Waals surface area contributed by atoms with Crippen LogP contribution in [0.5, 0.6) is 5.75 Å². The highest BCUT2D eigenvalue weighted by Gasteiger charge is 2.14. The number of carboxylic acids is 1. The van der Waals surface area contributed by atoms with Gasteiger partial charge in [-0.2, -0.15) is 0 Å². The van der Waals surface area contributed by atoms with Gasteiger partial charge in [0.05, 0.1) is 11.1 Å². The predicted octanol–water partition coefficient (Wildman–Crippen LogP) is 2.65. The van der Waals surface area contributed by atoms with Crippen molar-refractivity contribution >= 4 is 11.9 Å². The van der Waals surface area contributed by atoms with Crippen LogP contribution in [0.1, 0.15) is 27.6 Å². The summed E-state index contributed by atoms with van der Waals surface area (Å²) in [6.45, 7) is 2.11. The van der Waals surface area contributed by atoms with E-state index in [9.17, 15) is 19.1 Å². The first-order valence-electron chi connectivity index (χ1n) is 6.58. The van der Waals surface area contributed by atoms with Gasteiger partial charge in [0.2, 0.25) is 0 Å². The van der Waals surface area contributed by atoms with Crippen LogP contribution in [0.4, 0.5) is 4.39 Å². The number of phenolic OH excluding ortho intramolecular Hbond substituents is 1. The smallest absolute Gasteiger partial charge is 0.335 e. The Morgan fingerprint density at radius 1 is 1.18 bits per heavy atom. The molecule has 0 heterocycles. The van der Waals surface area contributed by atoms with E-state index in [0.29, 0.717) is 12.1 Å². The molecular formula is C16H14FNO4. The second kappa shape index (κ2) is 6.26. The molecule has 0 unspecified atom stereocenters. The summed E-state index contributed by atoms with van der Waals surface area (Å²) in [5.41, 5.74) is 0.472. The first-order valence-corrected chi connectivity index (χ1v) is 6.58. The molecule has 2 aromatic carbocycles. The lowest BCUT2D eigenvalue weighted by Crippen LogP contribution is -2.23. The molecule has 0 fully saturated rings. The number of amides is 1. The van der Waals surface area contributed by atoms with Crippen molar-refractivity contribution in [2.75, 3.05) is 6.54 Å². The second-order valence-corrected chi connectivity index (χ2v) is 4.59. The minimum atomic E-state index is -1.17. The number of carbonyl (C=O) groups excluding carboxylic acids is 1. The van der Waals surface area contributed by atoms with Gasteiger partial charge < -0.3 is 15.5 Å². The van der Waals surface area contributed by atoms with Crippen LogP contribution in [-0.4, -0.2) is 28.6 Å². The van der Waals surface area contributed by atoms with Gasteiger partial charge in [-0.05, 0) is 42.8 Å². The summed E-state index contributed by atoms with van der Waals surface area (Å²) >= 11 is 0. The molecule has 0 bridgehead atoms. The normalized spacial score (nSPS) is 10.3. The molecule has 0 spiro atoms. The number of rotatable bonds is 4. The number of nitrogens with one attached hydrogen (secondary N) is 1. The molecule has 1 amide bonds. The third-order valence-electron chi connectivity index (χ3n) is 3.11. The Morgan fingerprint density at radius 3 is 2.45 bits per heavy atom. The van der Waals surface area contributed by atoms with Crippen molar-refractivity contribution in [3.05, 3.63) is 53.3 Å². The van der Waals surface area contributed by atoms with Crippen molar-refractivity contribution in [3.8, 4) is 16.9 Å². The molecule has 114 valence electrons. The molecule has 0 aliphatic heterocycles. The van der Waals surface area contributed by atoms with Crippen molar-refractivity contribution in [2.45, 2.75) is 6.92 Å². The number of phenols is 1. The molecule has 3 N–H and O–H groups in total. The van der Waals surface area contributed by atoms with Gasteiger partial charge in [0.25, 0.3) is 5.91 Å².